The smallest absolute Gasteiger partial charge is 0.387 e. The second kappa shape index (κ2) is 6.15. The Morgan fingerprint density at radius 1 is 1.39 bits per heavy atom. The van der Waals surface area contributed by atoms with Crippen LogP contribution in [0.2, 0.25) is 0 Å². The Balaban J connectivity index is 2.76. The molecule has 100 valence electrons. The van der Waals surface area contributed by atoms with E-state index in [0.29, 0.717) is 5.56 Å². The first kappa shape index (κ1) is 14.9. The molecule has 6 heteroatoms. The standard InChI is InChI=1S/C12H15F2NO2S/c1-12(2,3)18(16)15-8-9-5-4-6-10(7-9)17-11(13)14/h4-8,11H,1-3H3/t18-/m1/s1. The van der Waals surface area contributed by atoms with Crippen LogP contribution >= 0.6 is 0 Å². The second-order valence-electron chi connectivity index (χ2n) is 4.55. The number of hydrogen-bond acceptors (Lipinski definition) is 3. The molecule has 0 saturated carbocycles. The van der Waals surface area contributed by atoms with E-state index in [-0.39, 0.29) is 5.75 Å². The van der Waals surface area contributed by atoms with Crippen molar-refractivity contribution >= 4 is 17.6 Å². The van der Waals surface area contributed by atoms with Gasteiger partial charge in [0.15, 0.2) is 0 Å². The maximum absolute atomic E-state index is 12.0. The van der Waals surface area contributed by atoms with Gasteiger partial charge < -0.3 is 9.29 Å². The lowest BCUT2D eigenvalue weighted by Crippen LogP contribution is -2.25. The Bertz CT molecular complexity index is 419. The second-order valence-corrected chi connectivity index (χ2v) is 6.48. The molecule has 0 aliphatic carbocycles. The quantitative estimate of drug-likeness (QED) is 0.626. The minimum Gasteiger partial charge on any atom is -0.591 e. The summed E-state index contributed by atoms with van der Waals surface area (Å²) in [6.45, 7) is 2.55. The first-order valence-electron chi connectivity index (χ1n) is 5.30. The van der Waals surface area contributed by atoms with Gasteiger partial charge in [-0.2, -0.15) is 8.78 Å². The molecule has 1 atom stereocenters. The molecule has 0 amide bonds. The highest BCUT2D eigenvalue weighted by Crippen LogP contribution is 2.18. The van der Waals surface area contributed by atoms with E-state index in [9.17, 15) is 13.3 Å². The van der Waals surface area contributed by atoms with Gasteiger partial charge in [-0.15, -0.1) is 0 Å². The van der Waals surface area contributed by atoms with Crippen LogP contribution in [0.25, 0.3) is 0 Å². The minimum atomic E-state index is -2.86. The van der Waals surface area contributed by atoms with Crippen LogP contribution in [0.4, 0.5) is 8.78 Å². The van der Waals surface area contributed by atoms with Crippen LogP contribution in [-0.4, -0.2) is 22.1 Å². The van der Waals surface area contributed by atoms with Gasteiger partial charge in [0.2, 0.25) is 0 Å². The normalized spacial score (nSPS) is 14.2. The molecule has 0 heterocycles. The van der Waals surface area contributed by atoms with Crippen LogP contribution in [0.1, 0.15) is 26.3 Å². The zero-order chi connectivity index (χ0) is 13.8. The van der Waals surface area contributed by atoms with Gasteiger partial charge in [0, 0.05) is 5.56 Å². The van der Waals surface area contributed by atoms with Crippen LogP contribution in [0.3, 0.4) is 0 Å². The third kappa shape index (κ3) is 5.01. The molecule has 0 bridgehead atoms. The first-order chi connectivity index (χ1) is 8.29. The Morgan fingerprint density at radius 3 is 2.61 bits per heavy atom. The van der Waals surface area contributed by atoms with Gasteiger partial charge in [0.1, 0.15) is 21.9 Å². The molecule has 0 unspecified atom stereocenters. The molecule has 0 fully saturated rings. The molecule has 18 heavy (non-hydrogen) atoms. The molecule has 3 nitrogen and oxygen atoms in total. The van der Waals surface area contributed by atoms with Crippen molar-refractivity contribution in [1.82, 2.24) is 0 Å². The molecule has 1 aromatic rings. The topological polar surface area (TPSA) is 44.7 Å². The van der Waals surface area contributed by atoms with E-state index in [1.165, 1.54) is 18.3 Å². The van der Waals surface area contributed by atoms with Gasteiger partial charge in [0.25, 0.3) is 0 Å². The van der Waals surface area contributed by atoms with E-state index in [1.54, 1.807) is 32.9 Å². The van der Waals surface area contributed by atoms with Gasteiger partial charge in [0.05, 0.1) is 6.21 Å². The van der Waals surface area contributed by atoms with Gasteiger partial charge >= 0.3 is 6.61 Å². The fourth-order valence-electron chi connectivity index (χ4n) is 1.04. The fourth-order valence-corrected chi connectivity index (χ4v) is 1.57. The zero-order valence-corrected chi connectivity index (χ0v) is 11.2. The van der Waals surface area contributed by atoms with Gasteiger partial charge in [-0.1, -0.05) is 16.5 Å². The molecule has 0 aromatic heterocycles. The SMILES string of the molecule is CC(C)(C)[S@@+]([O-])N=Cc1cccc(OC(F)F)c1. The first-order valence-corrected chi connectivity index (χ1v) is 6.40. The summed E-state index contributed by atoms with van der Waals surface area (Å²) in [5.74, 6) is 0.0514. The summed E-state index contributed by atoms with van der Waals surface area (Å²) in [7, 11) is 0. The monoisotopic (exact) mass is 275 g/mol. The number of rotatable bonds is 4. The average molecular weight is 275 g/mol. The van der Waals surface area contributed by atoms with E-state index < -0.39 is 22.7 Å². The summed E-state index contributed by atoms with van der Waals surface area (Å²) in [6.07, 6.45) is 1.39. The molecular weight excluding hydrogens is 260 g/mol. The summed E-state index contributed by atoms with van der Waals surface area (Å²) in [4.78, 5) is 0. The summed E-state index contributed by atoms with van der Waals surface area (Å²) in [5.41, 5.74) is 0.561. The number of hydrogen-bond donors (Lipinski definition) is 0. The molecule has 0 N–H and O–H groups in total. The Hall–Kier alpha value is -1.14. The van der Waals surface area contributed by atoms with Crippen molar-refractivity contribution in [1.29, 1.82) is 0 Å². The van der Waals surface area contributed by atoms with E-state index in [4.69, 9.17) is 0 Å². The van der Waals surface area contributed by atoms with Crippen molar-refractivity contribution in [2.24, 2.45) is 4.40 Å². The summed E-state index contributed by atoms with van der Waals surface area (Å²) < 4.78 is 43.4. The van der Waals surface area contributed by atoms with Gasteiger partial charge in [-0.3, -0.25) is 0 Å². The number of alkyl halides is 2. The molecule has 0 saturated heterocycles. The van der Waals surface area contributed by atoms with E-state index in [1.807, 2.05) is 0 Å². The largest absolute Gasteiger partial charge is 0.591 e. The molecule has 0 radical (unpaired) electrons. The van der Waals surface area contributed by atoms with Crippen molar-refractivity contribution in [3.63, 3.8) is 0 Å². The van der Waals surface area contributed by atoms with Crippen molar-refractivity contribution in [3.05, 3.63) is 29.8 Å². The minimum absolute atomic E-state index is 0.0514. The predicted octanol–water partition coefficient (Wildman–Crippen LogP) is 3.17. The lowest BCUT2D eigenvalue weighted by atomic mass is 10.2. The number of ether oxygens (including phenoxy) is 1. The predicted molar refractivity (Wildman–Crippen MR) is 68.6 cm³/mol. The fraction of sp³-hybridized carbons (Fsp3) is 0.417. The summed E-state index contributed by atoms with van der Waals surface area (Å²) in [5, 5.41) is 0. The Kier molecular flexibility index (Phi) is 5.10. The van der Waals surface area contributed by atoms with Crippen LogP contribution < -0.4 is 4.74 Å². The molecular formula is C12H15F2NO2S. The van der Waals surface area contributed by atoms with Gasteiger partial charge in [-0.25, -0.2) is 0 Å². The Morgan fingerprint density at radius 2 is 2.06 bits per heavy atom. The van der Waals surface area contributed by atoms with Crippen molar-refractivity contribution in [3.8, 4) is 5.75 Å². The third-order valence-corrected chi connectivity index (χ3v) is 3.25. The summed E-state index contributed by atoms with van der Waals surface area (Å²) >= 11 is -1.37. The Labute approximate surface area is 108 Å². The number of halogens is 2. The van der Waals surface area contributed by atoms with Crippen molar-refractivity contribution in [2.45, 2.75) is 32.1 Å². The van der Waals surface area contributed by atoms with Crippen molar-refractivity contribution < 1.29 is 18.1 Å². The highest BCUT2D eigenvalue weighted by Gasteiger charge is 2.25. The number of nitrogens with zero attached hydrogens (tertiary/aromatic N) is 1. The maximum atomic E-state index is 12.0. The van der Waals surface area contributed by atoms with E-state index in [2.05, 4.69) is 9.13 Å². The van der Waals surface area contributed by atoms with Crippen molar-refractivity contribution in [2.75, 3.05) is 0 Å². The maximum Gasteiger partial charge on any atom is 0.387 e. The average Bonchev–Trinajstić information content (AvgIpc) is 2.24. The van der Waals surface area contributed by atoms with Crippen LogP contribution in [0, 0.1) is 0 Å². The van der Waals surface area contributed by atoms with E-state index in [0.717, 1.165) is 0 Å². The molecule has 1 rings (SSSR count). The summed E-state index contributed by atoms with van der Waals surface area (Å²) in [6, 6.07) is 6.07. The molecule has 0 aliphatic rings. The van der Waals surface area contributed by atoms with Crippen LogP contribution in [-0.2, 0) is 11.4 Å². The van der Waals surface area contributed by atoms with Gasteiger partial charge in [-0.05, 0) is 32.9 Å². The molecule has 1 aromatic carbocycles. The van der Waals surface area contributed by atoms with E-state index >= 15 is 0 Å². The lowest BCUT2D eigenvalue weighted by molar-refractivity contribution is -0.0498. The highest BCUT2D eigenvalue weighted by atomic mass is 32.2. The third-order valence-electron chi connectivity index (χ3n) is 1.90. The lowest BCUT2D eigenvalue weighted by Gasteiger charge is -2.17. The molecule has 0 spiro atoms. The zero-order valence-electron chi connectivity index (χ0n) is 10.4. The number of benzene rings is 1. The van der Waals surface area contributed by atoms with Crippen LogP contribution in [0.15, 0.2) is 28.7 Å². The molecule has 0 aliphatic heterocycles. The highest BCUT2D eigenvalue weighted by molar-refractivity contribution is 7.91. The van der Waals surface area contributed by atoms with Crippen LogP contribution in [0.5, 0.6) is 5.75 Å².